The van der Waals surface area contributed by atoms with Crippen LogP contribution in [0.25, 0.3) is 0 Å². The van der Waals surface area contributed by atoms with Gasteiger partial charge in [0, 0.05) is 22.7 Å². The van der Waals surface area contributed by atoms with Crippen LogP contribution in [0, 0.1) is 10.1 Å². The monoisotopic (exact) mass is 501 g/mol. The number of nitrogens with one attached hydrogen (secondary N) is 1. The van der Waals surface area contributed by atoms with E-state index in [4.69, 9.17) is 4.74 Å². The minimum Gasteiger partial charge on any atom is -0.494 e. The molecule has 11 heteroatoms. The van der Waals surface area contributed by atoms with E-state index in [2.05, 4.69) is 5.32 Å². The number of nitrogens with zero attached hydrogens (tertiary/aromatic N) is 2. The van der Waals surface area contributed by atoms with Gasteiger partial charge in [0.1, 0.15) is 12.3 Å². The number of thioether (sulfide) groups is 1. The van der Waals surface area contributed by atoms with Crippen molar-refractivity contribution < 1.29 is 22.9 Å². The van der Waals surface area contributed by atoms with Crippen molar-refractivity contribution in [3.05, 3.63) is 82.9 Å². The van der Waals surface area contributed by atoms with Crippen LogP contribution < -0.4 is 14.4 Å². The lowest BCUT2D eigenvalue weighted by Crippen LogP contribution is -2.38. The number of nitro groups is 1. The average Bonchev–Trinajstić information content (AvgIpc) is 2.83. The number of carbonyl (C=O) groups is 1. The summed E-state index contributed by atoms with van der Waals surface area (Å²) in [5, 5.41) is 13.5. The molecule has 0 unspecified atom stereocenters. The van der Waals surface area contributed by atoms with Crippen LogP contribution in [0.3, 0.4) is 0 Å². The molecular formula is C23H23N3O6S2. The molecule has 0 fully saturated rings. The Bertz CT molecular complexity index is 1260. The fourth-order valence-corrected chi connectivity index (χ4v) is 4.92. The summed E-state index contributed by atoms with van der Waals surface area (Å²) in [6, 6.07) is 18.1. The fraction of sp³-hybridized carbons (Fsp3) is 0.174. The van der Waals surface area contributed by atoms with Crippen LogP contribution in [0.1, 0.15) is 6.92 Å². The Kier molecular flexibility index (Phi) is 8.13. The first-order chi connectivity index (χ1) is 16.2. The highest BCUT2D eigenvalue weighted by molar-refractivity contribution is 7.98. The minimum atomic E-state index is -4.10. The van der Waals surface area contributed by atoms with E-state index in [1.165, 1.54) is 48.2 Å². The summed E-state index contributed by atoms with van der Waals surface area (Å²) in [6.45, 7) is 1.75. The molecule has 1 N–H and O–H groups in total. The molecule has 3 aromatic rings. The second-order valence-corrected chi connectivity index (χ2v) is 9.71. The fourth-order valence-electron chi connectivity index (χ4n) is 3.09. The molecule has 0 aromatic heterocycles. The first kappa shape index (κ1) is 25.1. The summed E-state index contributed by atoms with van der Waals surface area (Å²) in [7, 11) is -4.10. The van der Waals surface area contributed by atoms with Crippen LogP contribution in [0.5, 0.6) is 5.75 Å². The largest absolute Gasteiger partial charge is 0.494 e. The van der Waals surface area contributed by atoms with Gasteiger partial charge in [-0.2, -0.15) is 0 Å². The standard InChI is InChI=1S/C23H23N3O6S2/c1-3-32-20-9-7-18(8-10-20)25(34(30,31)22-13-11-21(33-2)12-14-22)16-23(27)24-17-5-4-6-19(15-17)26(28)29/h4-15H,3,16H2,1-2H3,(H,24,27). The van der Waals surface area contributed by atoms with Crippen molar-refractivity contribution in [2.75, 3.05) is 29.0 Å². The molecule has 0 atom stereocenters. The topological polar surface area (TPSA) is 119 Å². The number of carbonyl (C=O) groups excluding carboxylic acids is 1. The second-order valence-electron chi connectivity index (χ2n) is 6.97. The van der Waals surface area contributed by atoms with Gasteiger partial charge in [-0.15, -0.1) is 11.8 Å². The molecule has 0 saturated heterocycles. The molecule has 178 valence electrons. The van der Waals surface area contributed by atoms with Crippen molar-refractivity contribution >= 4 is 44.8 Å². The van der Waals surface area contributed by atoms with Gasteiger partial charge in [-0.05, 0) is 67.8 Å². The lowest BCUT2D eigenvalue weighted by molar-refractivity contribution is -0.384. The maximum absolute atomic E-state index is 13.5. The second kappa shape index (κ2) is 11.0. The number of benzene rings is 3. The Labute approximate surface area is 201 Å². The third kappa shape index (κ3) is 6.06. The van der Waals surface area contributed by atoms with E-state index in [9.17, 15) is 23.3 Å². The number of anilines is 2. The number of ether oxygens (including phenoxy) is 1. The molecule has 34 heavy (non-hydrogen) atoms. The molecule has 0 aliphatic heterocycles. The van der Waals surface area contributed by atoms with Crippen LogP contribution in [-0.4, -0.2) is 38.7 Å². The smallest absolute Gasteiger partial charge is 0.271 e. The maximum Gasteiger partial charge on any atom is 0.271 e. The van der Waals surface area contributed by atoms with Crippen LogP contribution >= 0.6 is 11.8 Å². The highest BCUT2D eigenvalue weighted by atomic mass is 32.2. The zero-order chi connectivity index (χ0) is 24.7. The Hall–Kier alpha value is -3.57. The van der Waals surface area contributed by atoms with Crippen molar-refractivity contribution in [1.29, 1.82) is 0 Å². The molecule has 0 saturated carbocycles. The highest BCUT2D eigenvalue weighted by Crippen LogP contribution is 2.27. The first-order valence-corrected chi connectivity index (χ1v) is 12.8. The lowest BCUT2D eigenvalue weighted by atomic mass is 10.2. The van der Waals surface area contributed by atoms with Crippen LogP contribution in [0.15, 0.2) is 82.6 Å². The number of hydrogen-bond donors (Lipinski definition) is 1. The Morgan fingerprint density at radius 1 is 1.09 bits per heavy atom. The van der Waals surface area contributed by atoms with E-state index in [1.54, 1.807) is 36.4 Å². The van der Waals surface area contributed by atoms with Gasteiger partial charge < -0.3 is 10.1 Å². The molecule has 9 nitrogen and oxygen atoms in total. The first-order valence-electron chi connectivity index (χ1n) is 10.2. The van der Waals surface area contributed by atoms with Crippen LogP contribution in [0.4, 0.5) is 17.1 Å². The van der Waals surface area contributed by atoms with Crippen molar-refractivity contribution in [3.63, 3.8) is 0 Å². The average molecular weight is 502 g/mol. The summed E-state index contributed by atoms with van der Waals surface area (Å²) in [6.07, 6.45) is 1.88. The number of hydrogen-bond acceptors (Lipinski definition) is 7. The van der Waals surface area contributed by atoms with Gasteiger partial charge in [-0.3, -0.25) is 19.2 Å². The quantitative estimate of drug-likeness (QED) is 0.246. The van der Waals surface area contributed by atoms with Crippen molar-refractivity contribution in [2.45, 2.75) is 16.7 Å². The molecular weight excluding hydrogens is 478 g/mol. The molecule has 0 heterocycles. The number of sulfonamides is 1. The summed E-state index contributed by atoms with van der Waals surface area (Å²) >= 11 is 1.48. The van der Waals surface area contributed by atoms with Gasteiger partial charge in [-0.1, -0.05) is 6.07 Å². The zero-order valence-corrected chi connectivity index (χ0v) is 20.1. The van der Waals surface area contributed by atoms with Gasteiger partial charge in [0.05, 0.1) is 22.1 Å². The van der Waals surface area contributed by atoms with Gasteiger partial charge >= 0.3 is 0 Å². The van der Waals surface area contributed by atoms with Crippen LogP contribution in [-0.2, 0) is 14.8 Å². The minimum absolute atomic E-state index is 0.0299. The van der Waals surface area contributed by atoms with E-state index < -0.39 is 27.4 Å². The molecule has 0 spiro atoms. The summed E-state index contributed by atoms with van der Waals surface area (Å²) in [5.74, 6) is -0.0901. The van der Waals surface area contributed by atoms with E-state index in [0.29, 0.717) is 12.4 Å². The number of amides is 1. The zero-order valence-electron chi connectivity index (χ0n) is 18.5. The SMILES string of the molecule is CCOc1ccc(N(CC(=O)Nc2cccc([N+](=O)[O-])c2)S(=O)(=O)c2ccc(SC)cc2)cc1. The predicted octanol–water partition coefficient (Wildman–Crippen LogP) is 4.55. The molecule has 0 bridgehead atoms. The number of non-ortho nitro benzene ring substituents is 1. The van der Waals surface area contributed by atoms with Gasteiger partial charge in [0.15, 0.2) is 0 Å². The Morgan fingerprint density at radius 2 is 1.76 bits per heavy atom. The van der Waals surface area contributed by atoms with Crippen molar-refractivity contribution in [3.8, 4) is 5.75 Å². The number of rotatable bonds is 10. The third-order valence-electron chi connectivity index (χ3n) is 4.71. The summed E-state index contributed by atoms with van der Waals surface area (Å²) < 4.78 is 33.4. The summed E-state index contributed by atoms with van der Waals surface area (Å²) in [4.78, 5) is 24.2. The molecule has 0 aliphatic carbocycles. The van der Waals surface area contributed by atoms with Gasteiger partial charge in [-0.25, -0.2) is 8.42 Å². The van der Waals surface area contributed by atoms with E-state index in [-0.39, 0.29) is 22.0 Å². The van der Waals surface area contributed by atoms with E-state index >= 15 is 0 Å². The summed E-state index contributed by atoms with van der Waals surface area (Å²) in [5.41, 5.74) is 0.266. The van der Waals surface area contributed by atoms with Gasteiger partial charge in [0.25, 0.3) is 15.7 Å². The highest BCUT2D eigenvalue weighted by Gasteiger charge is 2.27. The Balaban J connectivity index is 1.93. The molecule has 3 rings (SSSR count). The van der Waals surface area contributed by atoms with Crippen molar-refractivity contribution in [2.24, 2.45) is 0 Å². The lowest BCUT2D eigenvalue weighted by Gasteiger charge is -2.24. The van der Waals surface area contributed by atoms with Gasteiger partial charge in [0.2, 0.25) is 5.91 Å². The van der Waals surface area contributed by atoms with E-state index in [1.807, 2.05) is 13.2 Å². The molecule has 0 radical (unpaired) electrons. The van der Waals surface area contributed by atoms with Crippen molar-refractivity contribution in [1.82, 2.24) is 0 Å². The number of nitro benzene ring substituents is 1. The van der Waals surface area contributed by atoms with E-state index in [0.717, 1.165) is 9.20 Å². The molecule has 1 amide bonds. The van der Waals surface area contributed by atoms with Crippen LogP contribution in [0.2, 0.25) is 0 Å². The Morgan fingerprint density at radius 3 is 2.35 bits per heavy atom. The maximum atomic E-state index is 13.5. The normalized spacial score (nSPS) is 11.0. The molecule has 3 aromatic carbocycles. The predicted molar refractivity (Wildman–Crippen MR) is 132 cm³/mol. The third-order valence-corrected chi connectivity index (χ3v) is 7.24. The molecule has 0 aliphatic rings.